The maximum atomic E-state index is 13.2. The number of H-pyrrole nitrogens is 1. The van der Waals surface area contributed by atoms with Gasteiger partial charge in [0.25, 0.3) is 11.5 Å². The first-order chi connectivity index (χ1) is 13.2. The molecule has 2 heterocycles. The highest BCUT2D eigenvalue weighted by Gasteiger charge is 2.29. The van der Waals surface area contributed by atoms with E-state index >= 15 is 0 Å². The fraction of sp³-hybridized carbons (Fsp3) is 0.750. The van der Waals surface area contributed by atoms with E-state index in [2.05, 4.69) is 11.9 Å². The van der Waals surface area contributed by atoms with Crippen molar-refractivity contribution in [1.82, 2.24) is 9.55 Å². The van der Waals surface area contributed by atoms with Gasteiger partial charge in [-0.3, -0.25) is 24.0 Å². The second-order valence-corrected chi connectivity index (χ2v) is 8.52. The van der Waals surface area contributed by atoms with Gasteiger partial charge in [0.2, 0.25) is 0 Å². The highest BCUT2D eigenvalue weighted by atomic mass is 16.2. The predicted octanol–water partition coefficient (Wildman–Crippen LogP) is 0.223. The van der Waals surface area contributed by atoms with Crippen LogP contribution in [-0.4, -0.2) is 41.6 Å². The molecule has 158 valence electrons. The topological polar surface area (TPSA) is 106 Å². The Morgan fingerprint density at radius 3 is 2.71 bits per heavy atom. The van der Waals surface area contributed by atoms with Crippen molar-refractivity contribution in [3.05, 3.63) is 20.8 Å². The van der Waals surface area contributed by atoms with Gasteiger partial charge in [0.15, 0.2) is 12.2 Å². The van der Waals surface area contributed by atoms with Crippen LogP contribution in [0.25, 0.3) is 0 Å². The molecular formula is C20H36N5O3+. The minimum Gasteiger partial charge on any atom is -0.383 e. The molecule has 0 radical (unpaired) electrons. The molecule has 0 aliphatic carbocycles. The van der Waals surface area contributed by atoms with Crippen LogP contribution in [0.2, 0.25) is 0 Å². The van der Waals surface area contributed by atoms with Gasteiger partial charge in [-0.15, -0.1) is 0 Å². The first-order valence-corrected chi connectivity index (χ1v) is 10.5. The molecular weight excluding hydrogens is 358 g/mol. The van der Waals surface area contributed by atoms with Crippen LogP contribution >= 0.6 is 0 Å². The zero-order valence-electron chi connectivity index (χ0n) is 17.7. The molecule has 28 heavy (non-hydrogen) atoms. The number of nitrogen functional groups attached to an aromatic ring is 1. The Bertz CT molecular complexity index is 783. The summed E-state index contributed by atoms with van der Waals surface area (Å²) in [5.41, 5.74) is 5.24. The van der Waals surface area contributed by atoms with Gasteiger partial charge >= 0.3 is 5.69 Å². The van der Waals surface area contributed by atoms with E-state index in [4.69, 9.17) is 5.73 Å². The molecule has 2 rings (SSSR count). The number of rotatable bonds is 8. The van der Waals surface area contributed by atoms with E-state index in [9.17, 15) is 14.4 Å². The molecule has 1 aliphatic rings. The molecule has 1 amide bonds. The number of aromatic amines is 1. The van der Waals surface area contributed by atoms with Crippen molar-refractivity contribution < 1.29 is 9.69 Å². The van der Waals surface area contributed by atoms with E-state index in [-0.39, 0.29) is 23.3 Å². The summed E-state index contributed by atoms with van der Waals surface area (Å²) in [6, 6.07) is 0. The Hall–Kier alpha value is -2.09. The van der Waals surface area contributed by atoms with Gasteiger partial charge < -0.3 is 10.6 Å². The molecule has 2 atom stereocenters. The Balaban J connectivity index is 2.37. The third-order valence-electron chi connectivity index (χ3n) is 5.33. The number of nitrogens with zero attached hydrogens (tertiary/aromatic N) is 2. The van der Waals surface area contributed by atoms with Gasteiger partial charge in [-0.05, 0) is 25.2 Å². The van der Waals surface area contributed by atoms with Crippen LogP contribution in [0.15, 0.2) is 9.59 Å². The summed E-state index contributed by atoms with van der Waals surface area (Å²) in [6.45, 7) is 11.3. The third-order valence-corrected chi connectivity index (χ3v) is 5.33. The lowest BCUT2D eigenvalue weighted by Crippen LogP contribution is -3.14. The molecule has 0 bridgehead atoms. The van der Waals surface area contributed by atoms with Crippen LogP contribution in [0.4, 0.5) is 11.5 Å². The van der Waals surface area contributed by atoms with Gasteiger partial charge in [-0.25, -0.2) is 4.79 Å². The van der Waals surface area contributed by atoms with Crippen LogP contribution in [0.1, 0.15) is 53.4 Å². The van der Waals surface area contributed by atoms with Gasteiger partial charge in [0.05, 0.1) is 13.1 Å². The standard InChI is InChI=1S/C20H35N5O3/c1-5-6-10-24(16(26)13-23-9-7-8-15(4)12-23)17-18(21)25(11-14(2)3)20(28)22-19(17)27/h14-15H,5-13,21H2,1-4H3,(H,22,27,28)/p+1/t15-/m1/s1. The SMILES string of the molecule is CCCCN(C(=O)C[NH+]1CCC[C@@H](C)C1)c1c(N)n(CC(C)C)c(=O)[nH]c1=O. The first kappa shape index (κ1) is 22.2. The summed E-state index contributed by atoms with van der Waals surface area (Å²) in [7, 11) is 0. The number of quaternary nitrogens is 1. The molecule has 1 aromatic rings. The zero-order valence-corrected chi connectivity index (χ0v) is 17.7. The number of piperidine rings is 1. The number of unbranched alkanes of at least 4 members (excludes halogenated alkanes) is 1. The summed E-state index contributed by atoms with van der Waals surface area (Å²) >= 11 is 0. The molecule has 1 fully saturated rings. The maximum Gasteiger partial charge on any atom is 0.330 e. The van der Waals surface area contributed by atoms with Gasteiger partial charge in [-0.2, -0.15) is 0 Å². The van der Waals surface area contributed by atoms with Gasteiger partial charge in [0, 0.05) is 19.0 Å². The predicted molar refractivity (Wildman–Crippen MR) is 112 cm³/mol. The number of carbonyl (C=O) groups excluding carboxylic acids is 1. The summed E-state index contributed by atoms with van der Waals surface area (Å²) in [6.07, 6.45) is 3.96. The second-order valence-electron chi connectivity index (χ2n) is 8.52. The lowest BCUT2D eigenvalue weighted by atomic mass is 10.0. The van der Waals surface area contributed by atoms with Gasteiger partial charge in [-0.1, -0.05) is 34.1 Å². The highest BCUT2D eigenvalue weighted by Crippen LogP contribution is 2.18. The molecule has 0 spiro atoms. The monoisotopic (exact) mass is 394 g/mol. The summed E-state index contributed by atoms with van der Waals surface area (Å²) < 4.78 is 1.36. The number of hydrogen-bond acceptors (Lipinski definition) is 4. The summed E-state index contributed by atoms with van der Waals surface area (Å²) in [4.78, 5) is 43.1. The average molecular weight is 395 g/mol. The van der Waals surface area contributed by atoms with E-state index in [1.165, 1.54) is 20.8 Å². The number of hydrogen-bond donors (Lipinski definition) is 3. The van der Waals surface area contributed by atoms with E-state index in [0.29, 0.717) is 25.6 Å². The number of likely N-dealkylation sites (tertiary alicyclic amines) is 1. The second kappa shape index (κ2) is 9.91. The highest BCUT2D eigenvalue weighted by molar-refractivity contribution is 5.96. The van der Waals surface area contributed by atoms with Crippen LogP contribution in [0, 0.1) is 11.8 Å². The summed E-state index contributed by atoms with van der Waals surface area (Å²) in [5.74, 6) is 0.748. The molecule has 8 nitrogen and oxygen atoms in total. The third kappa shape index (κ3) is 5.47. The molecule has 1 unspecified atom stereocenters. The van der Waals surface area contributed by atoms with E-state index in [1.54, 1.807) is 0 Å². The lowest BCUT2D eigenvalue weighted by Gasteiger charge is -2.30. The van der Waals surface area contributed by atoms with Crippen LogP contribution in [0.3, 0.4) is 0 Å². The van der Waals surface area contributed by atoms with Crippen molar-refractivity contribution in [2.75, 3.05) is 36.8 Å². The van der Waals surface area contributed by atoms with E-state index < -0.39 is 11.2 Å². The number of amides is 1. The molecule has 0 saturated carbocycles. The van der Waals surface area contributed by atoms with Crippen molar-refractivity contribution in [3.63, 3.8) is 0 Å². The van der Waals surface area contributed by atoms with Crippen molar-refractivity contribution in [2.24, 2.45) is 11.8 Å². The van der Waals surface area contributed by atoms with Crippen molar-refractivity contribution in [1.29, 1.82) is 0 Å². The molecule has 1 aromatic heterocycles. The smallest absolute Gasteiger partial charge is 0.330 e. The minimum absolute atomic E-state index is 0.0777. The Morgan fingerprint density at radius 1 is 1.39 bits per heavy atom. The Morgan fingerprint density at radius 2 is 2.11 bits per heavy atom. The van der Waals surface area contributed by atoms with Crippen molar-refractivity contribution >= 4 is 17.4 Å². The minimum atomic E-state index is -0.589. The number of nitrogens with one attached hydrogen (secondary N) is 2. The van der Waals surface area contributed by atoms with E-state index in [1.807, 2.05) is 20.8 Å². The van der Waals surface area contributed by atoms with Gasteiger partial charge in [0.1, 0.15) is 5.82 Å². The number of aromatic nitrogens is 2. The molecule has 4 N–H and O–H groups in total. The van der Waals surface area contributed by atoms with Crippen LogP contribution in [0.5, 0.6) is 0 Å². The summed E-state index contributed by atoms with van der Waals surface area (Å²) in [5, 5.41) is 0. The number of anilines is 2. The first-order valence-electron chi connectivity index (χ1n) is 10.5. The molecule has 1 aliphatic heterocycles. The van der Waals surface area contributed by atoms with Crippen LogP contribution in [-0.2, 0) is 11.3 Å². The Labute approximate surface area is 166 Å². The lowest BCUT2D eigenvalue weighted by molar-refractivity contribution is -0.900. The fourth-order valence-electron chi connectivity index (χ4n) is 3.93. The quantitative estimate of drug-likeness (QED) is 0.587. The average Bonchev–Trinajstić information content (AvgIpc) is 2.61. The van der Waals surface area contributed by atoms with Crippen molar-refractivity contribution in [3.8, 4) is 0 Å². The van der Waals surface area contributed by atoms with E-state index in [0.717, 1.165) is 32.4 Å². The molecule has 1 saturated heterocycles. The fourth-order valence-corrected chi connectivity index (χ4v) is 3.93. The zero-order chi connectivity index (χ0) is 20.8. The van der Waals surface area contributed by atoms with Crippen LogP contribution < -0.4 is 26.8 Å². The molecule has 8 heteroatoms. The maximum absolute atomic E-state index is 13.2. The largest absolute Gasteiger partial charge is 0.383 e. The number of carbonyl (C=O) groups is 1. The molecule has 0 aromatic carbocycles. The number of nitrogens with two attached hydrogens (primary N) is 1. The Kier molecular flexibility index (Phi) is 7.86. The normalized spacial score (nSPS) is 19.8. The van der Waals surface area contributed by atoms with Crippen molar-refractivity contribution in [2.45, 2.75) is 59.9 Å².